The number of hydrogen-bond acceptors (Lipinski definition) is 4. The fraction of sp³-hybridized carbons (Fsp3) is 0. The van der Waals surface area contributed by atoms with Gasteiger partial charge in [0.1, 0.15) is 0 Å². The first-order valence-corrected chi connectivity index (χ1v) is 2.35. The molecule has 7 heteroatoms. The van der Waals surface area contributed by atoms with Gasteiger partial charge in [-0.2, -0.15) is 8.42 Å². The van der Waals surface area contributed by atoms with Gasteiger partial charge in [-0.15, -0.1) is 0 Å². The Morgan fingerprint density at radius 2 is 1.25 bits per heavy atom. The van der Waals surface area contributed by atoms with Crippen LogP contribution in [-0.2, 0) is 10.4 Å². The molecule has 0 aromatic rings. The maximum atomic E-state index is 8.74. The monoisotopic (exact) mass is 142 g/mol. The summed E-state index contributed by atoms with van der Waals surface area (Å²) < 4.78 is 31.6. The van der Waals surface area contributed by atoms with Crippen LogP contribution in [0.1, 0.15) is 0 Å². The van der Waals surface area contributed by atoms with Crippen LogP contribution in [0.15, 0.2) is 0 Å². The summed E-state index contributed by atoms with van der Waals surface area (Å²) in [5.41, 5.74) is 0. The molecule has 0 unspecified atom stereocenters. The predicted molar refractivity (Wildman–Crippen MR) is 25.9 cm³/mol. The summed E-state index contributed by atoms with van der Waals surface area (Å²) in [4.78, 5) is 0. The highest BCUT2D eigenvalue weighted by Crippen LogP contribution is 1.59. The number of nitriles is 1. The lowest BCUT2D eigenvalue weighted by Gasteiger charge is -1.68. The number of nitrogens with zero attached hydrogens (tertiary/aromatic N) is 1. The molecule has 0 saturated heterocycles. The topological polar surface area (TPSA) is 133 Å². The highest BCUT2D eigenvalue weighted by Gasteiger charge is 1.84. The van der Waals surface area contributed by atoms with Crippen molar-refractivity contribution in [3.63, 3.8) is 0 Å². The maximum Gasteiger partial charge on any atom is 0.394 e. The Hall–Kier alpha value is -0.680. The third-order valence-corrected chi connectivity index (χ3v) is 0. The molecule has 0 atom stereocenters. The molecule has 0 heterocycles. The Morgan fingerprint density at radius 3 is 1.25 bits per heavy atom. The molecule has 0 aliphatic rings. The lowest BCUT2D eigenvalue weighted by atomic mass is 11.9. The molecule has 0 aliphatic carbocycles. The van der Waals surface area contributed by atoms with Crippen LogP contribution in [0.25, 0.3) is 0 Å². The Morgan fingerprint density at radius 1 is 1.25 bits per heavy atom. The SMILES string of the molecule is C#N.N.O=S(=O)(O)O. The highest BCUT2D eigenvalue weighted by atomic mass is 32.3. The van der Waals surface area contributed by atoms with Crippen molar-refractivity contribution >= 4 is 10.4 Å². The summed E-state index contributed by atoms with van der Waals surface area (Å²) in [6.45, 7) is 3.50. The molecular weight excluding hydrogens is 136 g/mol. The average molecular weight is 142 g/mol. The van der Waals surface area contributed by atoms with Crippen LogP contribution in [0.3, 0.4) is 0 Å². The molecular formula is CH6N2O4S. The fourth-order valence-electron chi connectivity index (χ4n) is 0. The predicted octanol–water partition coefficient (Wildman–Crippen LogP) is -0.351. The van der Waals surface area contributed by atoms with E-state index >= 15 is 0 Å². The van der Waals surface area contributed by atoms with E-state index < -0.39 is 10.4 Å². The second-order valence-electron chi connectivity index (χ2n) is 0.448. The minimum absolute atomic E-state index is 0. The molecule has 0 bridgehead atoms. The molecule has 6 nitrogen and oxygen atoms in total. The quantitative estimate of drug-likeness (QED) is 0.396. The Labute approximate surface area is 46.9 Å². The van der Waals surface area contributed by atoms with Gasteiger partial charge in [0, 0.05) is 6.57 Å². The summed E-state index contributed by atoms with van der Waals surface area (Å²) >= 11 is 0. The maximum absolute atomic E-state index is 8.74. The Balaban J connectivity index is -0.0000000750. The van der Waals surface area contributed by atoms with Gasteiger partial charge < -0.3 is 6.15 Å². The van der Waals surface area contributed by atoms with Crippen molar-refractivity contribution in [3.05, 3.63) is 0 Å². The smallest absolute Gasteiger partial charge is 0.344 e. The van der Waals surface area contributed by atoms with E-state index in [4.69, 9.17) is 22.8 Å². The van der Waals surface area contributed by atoms with Crippen LogP contribution in [0.2, 0.25) is 0 Å². The summed E-state index contributed by atoms with van der Waals surface area (Å²) in [7, 11) is -4.67. The summed E-state index contributed by atoms with van der Waals surface area (Å²) in [6.07, 6.45) is 0. The van der Waals surface area contributed by atoms with Gasteiger partial charge in [0.15, 0.2) is 0 Å². The molecule has 50 valence electrons. The van der Waals surface area contributed by atoms with Gasteiger partial charge in [0.05, 0.1) is 0 Å². The molecule has 0 amide bonds. The first-order valence-electron chi connectivity index (χ1n) is 0.957. The van der Waals surface area contributed by atoms with Crippen molar-refractivity contribution in [3.8, 4) is 6.57 Å². The molecule has 5 N–H and O–H groups in total. The van der Waals surface area contributed by atoms with Crippen LogP contribution in [0.5, 0.6) is 0 Å². The Bertz CT molecular complexity index is 125. The first kappa shape index (κ1) is 15.7. The van der Waals surface area contributed by atoms with Gasteiger partial charge in [-0.25, -0.2) is 5.26 Å². The molecule has 0 saturated carbocycles. The van der Waals surface area contributed by atoms with Crippen molar-refractivity contribution in [2.24, 2.45) is 0 Å². The van der Waals surface area contributed by atoms with Gasteiger partial charge >= 0.3 is 10.4 Å². The zero-order valence-corrected chi connectivity index (χ0v) is 4.67. The van der Waals surface area contributed by atoms with E-state index in [1.54, 1.807) is 0 Å². The van der Waals surface area contributed by atoms with Crippen LogP contribution >= 0.6 is 0 Å². The second-order valence-corrected chi connectivity index (χ2v) is 1.34. The molecule has 0 spiro atoms. The van der Waals surface area contributed by atoms with Crippen molar-refractivity contribution in [2.45, 2.75) is 0 Å². The summed E-state index contributed by atoms with van der Waals surface area (Å²) in [6, 6.07) is 0. The molecule has 0 rings (SSSR count). The molecule has 0 fully saturated rings. The molecule has 0 aromatic carbocycles. The fourth-order valence-corrected chi connectivity index (χ4v) is 0. The van der Waals surface area contributed by atoms with E-state index in [-0.39, 0.29) is 6.15 Å². The van der Waals surface area contributed by atoms with E-state index in [9.17, 15) is 0 Å². The van der Waals surface area contributed by atoms with Crippen LogP contribution in [0, 0.1) is 11.8 Å². The van der Waals surface area contributed by atoms with Crippen molar-refractivity contribution in [2.75, 3.05) is 0 Å². The normalized spacial score (nSPS) is 7.50. The van der Waals surface area contributed by atoms with Gasteiger partial charge in [-0.3, -0.25) is 9.11 Å². The minimum Gasteiger partial charge on any atom is -0.344 e. The van der Waals surface area contributed by atoms with Crippen LogP contribution < -0.4 is 6.15 Å². The number of rotatable bonds is 0. The van der Waals surface area contributed by atoms with E-state index in [0.717, 1.165) is 0 Å². The van der Waals surface area contributed by atoms with Crippen LogP contribution in [-0.4, -0.2) is 17.5 Å². The third-order valence-electron chi connectivity index (χ3n) is 0. The summed E-state index contributed by atoms with van der Waals surface area (Å²) in [5.74, 6) is 0. The molecule has 0 radical (unpaired) electrons. The van der Waals surface area contributed by atoms with Gasteiger partial charge in [-0.1, -0.05) is 0 Å². The van der Waals surface area contributed by atoms with Crippen LogP contribution in [0.4, 0.5) is 0 Å². The zero-order valence-electron chi connectivity index (χ0n) is 3.85. The largest absolute Gasteiger partial charge is 0.394 e. The van der Waals surface area contributed by atoms with E-state index in [1.165, 1.54) is 0 Å². The molecule has 0 aromatic heterocycles. The van der Waals surface area contributed by atoms with E-state index in [0.29, 0.717) is 0 Å². The van der Waals surface area contributed by atoms with Crippen molar-refractivity contribution in [1.29, 1.82) is 5.26 Å². The van der Waals surface area contributed by atoms with Gasteiger partial charge in [0.25, 0.3) is 0 Å². The lowest BCUT2D eigenvalue weighted by molar-refractivity contribution is 0.381. The standard InChI is InChI=1S/CHN.H3N.H2O4S/c1-2;;1-5(2,3)4/h1H;1H3;(H2,1,2,3,4). The minimum atomic E-state index is -4.67. The average Bonchev–Trinajstić information content (AvgIpc) is 1.36. The van der Waals surface area contributed by atoms with E-state index in [2.05, 4.69) is 6.57 Å². The van der Waals surface area contributed by atoms with Crippen molar-refractivity contribution < 1.29 is 17.5 Å². The van der Waals surface area contributed by atoms with Gasteiger partial charge in [0.2, 0.25) is 0 Å². The van der Waals surface area contributed by atoms with Crippen molar-refractivity contribution in [1.82, 2.24) is 6.15 Å². The summed E-state index contributed by atoms with van der Waals surface area (Å²) in [5, 5.41) is 6.50. The lowest BCUT2D eigenvalue weighted by Crippen LogP contribution is -1.89. The zero-order chi connectivity index (χ0) is 6.50. The molecule has 8 heavy (non-hydrogen) atoms. The van der Waals surface area contributed by atoms with E-state index in [1.807, 2.05) is 0 Å². The first-order chi connectivity index (χ1) is 3.00. The highest BCUT2D eigenvalue weighted by molar-refractivity contribution is 7.79. The molecule has 0 aliphatic heterocycles. The number of hydrogen-bond donors (Lipinski definition) is 3. The second kappa shape index (κ2) is 6.32. The van der Waals surface area contributed by atoms with Gasteiger partial charge in [-0.05, 0) is 0 Å². The Kier molecular flexibility index (Phi) is 12.4. The third kappa shape index (κ3) is 215.